The van der Waals surface area contributed by atoms with Crippen LogP contribution in [0.15, 0.2) is 36.5 Å². The lowest BCUT2D eigenvalue weighted by Crippen LogP contribution is -2.21. The molecule has 2 rings (SSSR count). The number of hydrogen-bond acceptors (Lipinski definition) is 4. The van der Waals surface area contributed by atoms with Crippen LogP contribution in [0.1, 0.15) is 5.56 Å². The third-order valence-electron chi connectivity index (χ3n) is 2.63. The smallest absolute Gasteiger partial charge is 0.358 e. The van der Waals surface area contributed by atoms with E-state index < -0.39 is 34.9 Å². The number of para-hydroxylation sites is 1. The second kappa shape index (κ2) is 5.84. The van der Waals surface area contributed by atoms with E-state index in [1.807, 2.05) is 0 Å². The Morgan fingerprint density at radius 1 is 1.32 bits per heavy atom. The lowest BCUT2D eigenvalue weighted by atomic mass is 10.1. The zero-order valence-electron chi connectivity index (χ0n) is 10.9. The number of alkyl halides is 3. The van der Waals surface area contributed by atoms with Crippen LogP contribution in [0.3, 0.4) is 0 Å². The number of halogens is 3. The molecule has 1 heterocycles. The lowest BCUT2D eigenvalue weighted by molar-refractivity contribution is -0.389. The molecule has 116 valence electrons. The van der Waals surface area contributed by atoms with Gasteiger partial charge in [-0.3, -0.25) is 4.79 Å². The number of nitrogens with one attached hydrogen (secondary N) is 1. The number of aromatic nitrogens is 2. The van der Waals surface area contributed by atoms with Crippen LogP contribution < -0.4 is 5.32 Å². The first kappa shape index (κ1) is 15.5. The zero-order valence-corrected chi connectivity index (χ0v) is 10.9. The molecule has 0 aliphatic heterocycles. The Morgan fingerprint density at radius 3 is 2.59 bits per heavy atom. The summed E-state index contributed by atoms with van der Waals surface area (Å²) in [5, 5.41) is 16.1. The number of benzene rings is 1. The van der Waals surface area contributed by atoms with Crippen molar-refractivity contribution in [1.29, 1.82) is 0 Å². The van der Waals surface area contributed by atoms with Crippen LogP contribution >= 0.6 is 0 Å². The third-order valence-corrected chi connectivity index (χ3v) is 2.63. The molecule has 1 aromatic carbocycles. The average Bonchev–Trinajstić information content (AvgIpc) is 2.86. The van der Waals surface area contributed by atoms with Crippen molar-refractivity contribution < 1.29 is 22.9 Å². The van der Waals surface area contributed by atoms with Crippen LogP contribution in [0.5, 0.6) is 0 Å². The second-order valence-corrected chi connectivity index (χ2v) is 4.22. The summed E-state index contributed by atoms with van der Waals surface area (Å²) in [6, 6.07) is 5.59. The summed E-state index contributed by atoms with van der Waals surface area (Å²) in [5.41, 5.74) is -1.36. The molecule has 1 amide bonds. The molecule has 7 nitrogen and oxygen atoms in total. The first-order valence-electron chi connectivity index (χ1n) is 5.91. The summed E-state index contributed by atoms with van der Waals surface area (Å²) >= 11 is 0. The molecule has 22 heavy (non-hydrogen) atoms. The van der Waals surface area contributed by atoms with E-state index in [-0.39, 0.29) is 5.69 Å². The van der Waals surface area contributed by atoms with Gasteiger partial charge in [-0.25, -0.2) is 0 Å². The highest BCUT2D eigenvalue weighted by Crippen LogP contribution is 2.34. The summed E-state index contributed by atoms with van der Waals surface area (Å²) < 4.78 is 39.3. The van der Waals surface area contributed by atoms with Gasteiger partial charge in [-0.2, -0.15) is 17.9 Å². The van der Waals surface area contributed by atoms with Crippen molar-refractivity contribution in [3.63, 3.8) is 0 Å². The van der Waals surface area contributed by atoms with Crippen LogP contribution in [0.2, 0.25) is 0 Å². The number of amides is 1. The molecule has 1 aromatic heterocycles. The Morgan fingerprint density at radius 2 is 2.00 bits per heavy atom. The van der Waals surface area contributed by atoms with Gasteiger partial charge in [0.1, 0.15) is 6.54 Å². The monoisotopic (exact) mass is 314 g/mol. The Balaban J connectivity index is 2.11. The van der Waals surface area contributed by atoms with Gasteiger partial charge in [0.15, 0.2) is 0 Å². The zero-order chi connectivity index (χ0) is 16.3. The maximum absolute atomic E-state index is 12.8. The molecule has 2 aromatic rings. The summed E-state index contributed by atoms with van der Waals surface area (Å²) in [6.07, 6.45) is -3.41. The van der Waals surface area contributed by atoms with Gasteiger partial charge in [-0.15, -0.1) is 0 Å². The Kier molecular flexibility index (Phi) is 4.11. The van der Waals surface area contributed by atoms with E-state index in [1.165, 1.54) is 18.3 Å². The topological polar surface area (TPSA) is 90.1 Å². The average molecular weight is 314 g/mol. The molecule has 0 radical (unpaired) electrons. The molecule has 0 spiro atoms. The van der Waals surface area contributed by atoms with Gasteiger partial charge in [0.2, 0.25) is 5.91 Å². The summed E-state index contributed by atoms with van der Waals surface area (Å²) in [5.74, 6) is -1.24. The number of rotatable bonds is 4. The Bertz CT molecular complexity index is 712. The highest BCUT2D eigenvalue weighted by atomic mass is 19.4. The maximum atomic E-state index is 12.8. The van der Waals surface area contributed by atoms with E-state index in [2.05, 4.69) is 10.4 Å². The number of nitro groups is 1. The molecule has 0 saturated heterocycles. The number of hydrogen-bond donors (Lipinski definition) is 1. The molecule has 10 heteroatoms. The number of carbonyl (C=O) groups is 1. The Labute approximate surface area is 121 Å². The third kappa shape index (κ3) is 3.59. The van der Waals surface area contributed by atoms with Crippen molar-refractivity contribution in [3.8, 4) is 0 Å². The van der Waals surface area contributed by atoms with E-state index in [0.29, 0.717) is 0 Å². The van der Waals surface area contributed by atoms with Crippen molar-refractivity contribution in [3.05, 3.63) is 52.2 Å². The number of anilines is 1. The molecule has 0 unspecified atom stereocenters. The fourth-order valence-corrected chi connectivity index (χ4v) is 1.71. The molecule has 0 atom stereocenters. The fraction of sp³-hybridized carbons (Fsp3) is 0.167. The maximum Gasteiger partial charge on any atom is 0.418 e. The molecule has 0 aliphatic carbocycles. The van der Waals surface area contributed by atoms with Crippen molar-refractivity contribution in [2.45, 2.75) is 12.7 Å². The minimum Gasteiger partial charge on any atom is -0.358 e. The fourth-order valence-electron chi connectivity index (χ4n) is 1.71. The van der Waals surface area contributed by atoms with Crippen LogP contribution in [0.4, 0.5) is 24.7 Å². The quantitative estimate of drug-likeness (QED) is 0.693. The van der Waals surface area contributed by atoms with Crippen molar-refractivity contribution in [2.75, 3.05) is 5.32 Å². The molecule has 0 fully saturated rings. The summed E-state index contributed by atoms with van der Waals surface area (Å²) in [7, 11) is 0. The van der Waals surface area contributed by atoms with E-state index in [0.717, 1.165) is 22.9 Å². The van der Waals surface area contributed by atoms with Crippen molar-refractivity contribution in [2.24, 2.45) is 0 Å². The molecule has 0 saturated carbocycles. The van der Waals surface area contributed by atoms with E-state index in [1.54, 1.807) is 0 Å². The predicted octanol–water partition coefficient (Wildman–Crippen LogP) is 2.45. The molecule has 0 bridgehead atoms. The first-order chi connectivity index (χ1) is 10.3. The van der Waals surface area contributed by atoms with Crippen molar-refractivity contribution in [1.82, 2.24) is 9.78 Å². The highest BCUT2D eigenvalue weighted by molar-refractivity contribution is 5.91. The predicted molar refractivity (Wildman–Crippen MR) is 69.0 cm³/mol. The molecule has 1 N–H and O–H groups in total. The molecular formula is C12H9F3N4O3. The molecule has 0 aliphatic rings. The van der Waals surface area contributed by atoms with Gasteiger partial charge in [-0.1, -0.05) is 12.1 Å². The van der Waals surface area contributed by atoms with E-state index in [4.69, 9.17) is 0 Å². The van der Waals surface area contributed by atoms with Gasteiger partial charge in [0.25, 0.3) is 0 Å². The SMILES string of the molecule is O=C(Cn1ccc([N+](=O)[O-])n1)Nc1ccccc1C(F)(F)F. The van der Waals surface area contributed by atoms with Gasteiger partial charge < -0.3 is 15.4 Å². The minimum absolute atomic E-state index is 0.387. The normalized spacial score (nSPS) is 11.2. The molecular weight excluding hydrogens is 305 g/mol. The minimum atomic E-state index is -4.60. The standard InChI is InChI=1S/C12H9F3N4O3/c13-12(14,15)8-3-1-2-4-9(8)16-11(20)7-18-6-5-10(17-18)19(21)22/h1-6H,7H2,(H,16,20). The van der Waals surface area contributed by atoms with E-state index >= 15 is 0 Å². The first-order valence-corrected chi connectivity index (χ1v) is 5.91. The van der Waals surface area contributed by atoms with Crippen LogP contribution in [0.25, 0.3) is 0 Å². The van der Waals surface area contributed by atoms with Crippen LogP contribution in [-0.4, -0.2) is 20.6 Å². The second-order valence-electron chi connectivity index (χ2n) is 4.22. The highest BCUT2D eigenvalue weighted by Gasteiger charge is 2.33. The van der Waals surface area contributed by atoms with Gasteiger partial charge >= 0.3 is 12.0 Å². The van der Waals surface area contributed by atoms with Crippen LogP contribution in [0, 0.1) is 10.1 Å². The van der Waals surface area contributed by atoms with Crippen molar-refractivity contribution >= 4 is 17.4 Å². The number of carbonyl (C=O) groups excluding carboxylic acids is 1. The largest absolute Gasteiger partial charge is 0.418 e. The van der Waals surface area contributed by atoms with Gasteiger partial charge in [0, 0.05) is 0 Å². The van der Waals surface area contributed by atoms with E-state index in [9.17, 15) is 28.1 Å². The van der Waals surface area contributed by atoms with Gasteiger partial charge in [-0.05, 0) is 17.1 Å². The van der Waals surface area contributed by atoms with Gasteiger partial charge in [0.05, 0.1) is 28.6 Å². The number of nitrogens with zero attached hydrogens (tertiary/aromatic N) is 3. The Hall–Kier alpha value is -2.91. The summed E-state index contributed by atoms with van der Waals surface area (Å²) in [6.45, 7) is -0.444. The summed E-state index contributed by atoms with van der Waals surface area (Å²) in [4.78, 5) is 21.4. The van der Waals surface area contributed by atoms with Crippen LogP contribution in [-0.2, 0) is 17.5 Å². The lowest BCUT2D eigenvalue weighted by Gasteiger charge is -2.13.